The summed E-state index contributed by atoms with van der Waals surface area (Å²) in [5.74, 6) is -0.616. The van der Waals surface area contributed by atoms with Gasteiger partial charge in [0.05, 0.1) is 19.8 Å². The lowest BCUT2D eigenvalue weighted by Gasteiger charge is -1.97. The molecular formula is C7H9NO3. The van der Waals surface area contributed by atoms with Crippen molar-refractivity contribution in [3.63, 3.8) is 0 Å². The molecule has 4 nitrogen and oxygen atoms in total. The number of hydrogen-bond acceptors (Lipinski definition) is 4. The quantitative estimate of drug-likeness (QED) is 0.259. The fourth-order valence-corrected chi connectivity index (χ4v) is 0.428. The van der Waals surface area contributed by atoms with Gasteiger partial charge >= 0.3 is 5.97 Å². The molecule has 0 aliphatic heterocycles. The van der Waals surface area contributed by atoms with E-state index < -0.39 is 5.97 Å². The van der Waals surface area contributed by atoms with E-state index in [9.17, 15) is 4.79 Å². The van der Waals surface area contributed by atoms with Crippen LogP contribution in [0.4, 0.5) is 0 Å². The molecule has 0 bridgehead atoms. The summed E-state index contributed by atoms with van der Waals surface area (Å²) in [6.07, 6.45) is 1.00. The summed E-state index contributed by atoms with van der Waals surface area (Å²) >= 11 is 0. The molecule has 0 spiro atoms. The van der Waals surface area contributed by atoms with E-state index in [0.717, 1.165) is 6.08 Å². The number of carbonyl (C=O) groups excluding carboxylic acids is 1. The van der Waals surface area contributed by atoms with Crippen LogP contribution in [0.15, 0.2) is 11.8 Å². The summed E-state index contributed by atoms with van der Waals surface area (Å²) < 4.78 is 9.05. The molecule has 0 aromatic rings. The molecule has 0 aromatic heterocycles. The lowest BCUT2D eigenvalue weighted by molar-refractivity contribution is -0.135. The van der Waals surface area contributed by atoms with Gasteiger partial charge in [-0.25, -0.2) is 4.79 Å². The van der Waals surface area contributed by atoms with E-state index in [4.69, 9.17) is 10.00 Å². The van der Waals surface area contributed by atoms with Gasteiger partial charge in [-0.05, 0) is 6.92 Å². The number of methoxy groups -OCH3 is 1. The highest BCUT2D eigenvalue weighted by atomic mass is 16.5. The SMILES string of the molecule is CCO/C(C#N)=C\C(=O)OC. The van der Waals surface area contributed by atoms with Gasteiger partial charge in [0, 0.05) is 0 Å². The first kappa shape index (κ1) is 9.50. The Morgan fingerprint density at radius 2 is 2.36 bits per heavy atom. The largest absolute Gasteiger partial charge is 0.484 e. The van der Waals surface area contributed by atoms with Crippen LogP contribution in [0.5, 0.6) is 0 Å². The molecule has 4 heteroatoms. The summed E-state index contributed by atoms with van der Waals surface area (Å²) in [4.78, 5) is 10.5. The van der Waals surface area contributed by atoms with E-state index in [-0.39, 0.29) is 5.76 Å². The van der Waals surface area contributed by atoms with Gasteiger partial charge in [0.1, 0.15) is 6.07 Å². The second kappa shape index (κ2) is 5.30. The Morgan fingerprint density at radius 1 is 1.73 bits per heavy atom. The lowest BCUT2D eigenvalue weighted by Crippen LogP contribution is -1.98. The van der Waals surface area contributed by atoms with E-state index in [0.29, 0.717) is 6.61 Å². The van der Waals surface area contributed by atoms with Crippen LogP contribution in [0.25, 0.3) is 0 Å². The van der Waals surface area contributed by atoms with Crippen LogP contribution in [0.1, 0.15) is 6.92 Å². The number of esters is 1. The monoisotopic (exact) mass is 155 g/mol. The van der Waals surface area contributed by atoms with Crippen LogP contribution in [-0.4, -0.2) is 19.7 Å². The number of nitrogens with zero attached hydrogens (tertiary/aromatic N) is 1. The Hall–Kier alpha value is -1.50. The number of hydrogen-bond donors (Lipinski definition) is 0. The zero-order chi connectivity index (χ0) is 8.69. The number of nitriles is 1. The minimum atomic E-state index is -0.588. The van der Waals surface area contributed by atoms with Gasteiger partial charge in [-0.1, -0.05) is 0 Å². The molecule has 0 atom stereocenters. The number of allylic oxidation sites excluding steroid dienone is 1. The molecule has 0 aliphatic carbocycles. The van der Waals surface area contributed by atoms with Crippen LogP contribution in [0, 0.1) is 11.3 Å². The Balaban J connectivity index is 4.14. The first-order valence-electron chi connectivity index (χ1n) is 3.07. The number of carbonyl (C=O) groups is 1. The highest BCUT2D eigenvalue weighted by molar-refractivity contribution is 5.82. The van der Waals surface area contributed by atoms with Gasteiger partial charge in [0.15, 0.2) is 0 Å². The van der Waals surface area contributed by atoms with E-state index in [1.165, 1.54) is 7.11 Å². The molecule has 60 valence electrons. The predicted molar refractivity (Wildman–Crippen MR) is 37.3 cm³/mol. The standard InChI is InChI=1S/C7H9NO3/c1-3-11-6(5-8)4-7(9)10-2/h4H,3H2,1-2H3/b6-4-. The van der Waals surface area contributed by atoms with Crippen molar-refractivity contribution in [3.8, 4) is 6.07 Å². The van der Waals surface area contributed by atoms with E-state index >= 15 is 0 Å². The van der Waals surface area contributed by atoms with Crippen molar-refractivity contribution in [1.29, 1.82) is 5.26 Å². The van der Waals surface area contributed by atoms with E-state index in [2.05, 4.69) is 4.74 Å². The number of rotatable bonds is 3. The Bertz CT molecular complexity index is 202. The average molecular weight is 155 g/mol. The van der Waals surface area contributed by atoms with Crippen molar-refractivity contribution >= 4 is 5.97 Å². The van der Waals surface area contributed by atoms with E-state index in [1.54, 1.807) is 13.0 Å². The highest BCUT2D eigenvalue weighted by Gasteiger charge is 1.99. The predicted octanol–water partition coefficient (Wildman–Crippen LogP) is 0.603. The van der Waals surface area contributed by atoms with Crippen LogP contribution in [0.3, 0.4) is 0 Å². The molecule has 0 N–H and O–H groups in total. The second-order valence-electron chi connectivity index (χ2n) is 1.58. The maximum absolute atomic E-state index is 10.5. The van der Waals surface area contributed by atoms with Gasteiger partial charge in [0.2, 0.25) is 5.76 Å². The molecule has 0 saturated heterocycles. The molecule has 0 saturated carbocycles. The normalized spacial score (nSPS) is 10.1. The fraction of sp³-hybridized carbons (Fsp3) is 0.429. The first-order chi connectivity index (χ1) is 5.24. The third-order valence-electron chi connectivity index (χ3n) is 0.860. The van der Waals surface area contributed by atoms with Gasteiger partial charge in [-0.15, -0.1) is 0 Å². The van der Waals surface area contributed by atoms with Crippen molar-refractivity contribution in [3.05, 3.63) is 11.8 Å². The summed E-state index contributed by atoms with van der Waals surface area (Å²) in [5.41, 5.74) is 0. The van der Waals surface area contributed by atoms with Crippen molar-refractivity contribution in [2.75, 3.05) is 13.7 Å². The van der Waals surface area contributed by atoms with Crippen molar-refractivity contribution in [2.45, 2.75) is 6.92 Å². The topological polar surface area (TPSA) is 59.3 Å². The van der Waals surface area contributed by atoms with Crippen LogP contribution in [0.2, 0.25) is 0 Å². The van der Waals surface area contributed by atoms with Crippen molar-refractivity contribution in [2.24, 2.45) is 0 Å². The maximum atomic E-state index is 10.5. The van der Waals surface area contributed by atoms with Gasteiger partial charge < -0.3 is 9.47 Å². The maximum Gasteiger partial charge on any atom is 0.335 e. The second-order valence-corrected chi connectivity index (χ2v) is 1.58. The minimum absolute atomic E-state index is 0.0284. The summed E-state index contributed by atoms with van der Waals surface area (Å²) in [5, 5.41) is 8.35. The molecule has 0 aliphatic rings. The third-order valence-corrected chi connectivity index (χ3v) is 0.860. The highest BCUT2D eigenvalue weighted by Crippen LogP contribution is 1.94. The minimum Gasteiger partial charge on any atom is -0.484 e. The van der Waals surface area contributed by atoms with Crippen LogP contribution >= 0.6 is 0 Å². The van der Waals surface area contributed by atoms with Crippen molar-refractivity contribution < 1.29 is 14.3 Å². The Labute approximate surface area is 65.0 Å². The molecule has 11 heavy (non-hydrogen) atoms. The molecule has 0 rings (SSSR count). The van der Waals surface area contributed by atoms with Crippen LogP contribution in [-0.2, 0) is 14.3 Å². The molecule has 0 amide bonds. The zero-order valence-corrected chi connectivity index (χ0v) is 6.46. The van der Waals surface area contributed by atoms with Gasteiger partial charge in [-0.3, -0.25) is 0 Å². The fourth-order valence-electron chi connectivity index (χ4n) is 0.428. The zero-order valence-electron chi connectivity index (χ0n) is 6.46. The molecule has 0 heterocycles. The molecule has 0 radical (unpaired) electrons. The van der Waals surface area contributed by atoms with Crippen LogP contribution < -0.4 is 0 Å². The molecule has 0 fully saturated rings. The third kappa shape index (κ3) is 3.98. The van der Waals surface area contributed by atoms with Crippen molar-refractivity contribution in [1.82, 2.24) is 0 Å². The Kier molecular flexibility index (Phi) is 4.58. The summed E-state index contributed by atoms with van der Waals surface area (Å²) in [6.45, 7) is 2.08. The lowest BCUT2D eigenvalue weighted by atomic mass is 10.5. The average Bonchev–Trinajstić information content (AvgIpc) is 2.03. The molecule has 0 unspecified atom stereocenters. The summed E-state index contributed by atoms with van der Waals surface area (Å²) in [7, 11) is 1.24. The molecular weight excluding hydrogens is 146 g/mol. The smallest absolute Gasteiger partial charge is 0.335 e. The van der Waals surface area contributed by atoms with Gasteiger partial charge in [-0.2, -0.15) is 5.26 Å². The molecule has 0 aromatic carbocycles. The van der Waals surface area contributed by atoms with Gasteiger partial charge in [0.25, 0.3) is 0 Å². The summed E-state index contributed by atoms with van der Waals surface area (Å²) in [6, 6.07) is 1.71. The first-order valence-corrected chi connectivity index (χ1v) is 3.07. The van der Waals surface area contributed by atoms with E-state index in [1.807, 2.05) is 0 Å². The Morgan fingerprint density at radius 3 is 2.73 bits per heavy atom. The number of ether oxygens (including phenoxy) is 2.